The molecule has 0 aliphatic carbocycles. The molecule has 0 N–H and O–H groups in total. The molecule has 0 heterocycles. The standard InChI is InChI=1S/C69H133N3O8S6/c1-10-13-16-19-22-25-56-81-84-59-53-78-67(74)40-49-71(48-39-66(73)77-52-43-65(8)38-30-37-64(7)36-29-35-63(6)34-28-33-62(4)5)46-31-44-70(9)45-32-47-72(50-41-68(75)79-54-60-85-82-57-26-23-20-17-14-11-2)51-42-69(76)80-55-61-86-83-58-27-24-21-18-15-12-3/h43,62-64H,10-42,44-61H2,1-9H3/b65-43+. The van der Waals surface area contributed by atoms with Crippen molar-refractivity contribution in [3.63, 3.8) is 0 Å². The second-order valence-electron chi connectivity index (χ2n) is 24.7. The lowest BCUT2D eigenvalue weighted by molar-refractivity contribution is -0.145. The zero-order valence-electron chi connectivity index (χ0n) is 56.9. The molecular weight excluding hydrogens is 1190 g/mol. The minimum Gasteiger partial charge on any atom is -0.465 e. The van der Waals surface area contributed by atoms with Gasteiger partial charge in [-0.05, 0) is 109 Å². The fraction of sp³-hybridized carbons (Fsp3) is 0.913. The molecule has 508 valence electrons. The monoisotopic (exact) mass is 1320 g/mol. The number of carbonyl (C=O) groups is 4. The Kier molecular flexibility index (Phi) is 65.8. The lowest BCUT2D eigenvalue weighted by Crippen LogP contribution is -2.34. The van der Waals surface area contributed by atoms with Gasteiger partial charge in [0, 0.05) is 60.7 Å². The van der Waals surface area contributed by atoms with Gasteiger partial charge in [-0.15, -0.1) is 0 Å². The Balaban J connectivity index is 5.22. The number of nitrogens with zero attached hydrogens (tertiary/aromatic N) is 3. The molecule has 0 bridgehead atoms. The summed E-state index contributed by atoms with van der Waals surface area (Å²) in [6.07, 6.45) is 39.8. The molecule has 0 aliphatic rings. The maximum Gasteiger partial charge on any atom is 0.307 e. The average Bonchev–Trinajstić information content (AvgIpc) is 3.50. The second-order valence-corrected chi connectivity index (χ2v) is 32.8. The predicted octanol–water partition coefficient (Wildman–Crippen LogP) is 19.6. The first-order valence-electron chi connectivity index (χ1n) is 34.9. The summed E-state index contributed by atoms with van der Waals surface area (Å²) < 4.78 is 22.6. The topological polar surface area (TPSA) is 115 Å². The van der Waals surface area contributed by atoms with Crippen molar-refractivity contribution >= 4 is 88.6 Å². The van der Waals surface area contributed by atoms with Gasteiger partial charge >= 0.3 is 23.9 Å². The maximum absolute atomic E-state index is 13.1. The Bertz CT molecular complexity index is 1530. The van der Waals surface area contributed by atoms with Crippen LogP contribution in [0.15, 0.2) is 11.6 Å². The first kappa shape index (κ1) is 85.6. The van der Waals surface area contributed by atoms with E-state index < -0.39 is 0 Å². The third kappa shape index (κ3) is 63.7. The molecule has 2 unspecified atom stereocenters. The van der Waals surface area contributed by atoms with Crippen molar-refractivity contribution in [3.05, 3.63) is 11.6 Å². The number of unbranched alkanes of at least 4 members (excludes halogenated alkanes) is 15. The van der Waals surface area contributed by atoms with Crippen LogP contribution in [0.1, 0.15) is 267 Å². The zero-order chi connectivity index (χ0) is 63.2. The van der Waals surface area contributed by atoms with Gasteiger partial charge in [0.1, 0.15) is 26.4 Å². The average molecular weight is 1330 g/mol. The normalized spacial score (nSPS) is 12.7. The van der Waals surface area contributed by atoms with Gasteiger partial charge in [-0.3, -0.25) is 19.2 Å². The molecule has 17 heteroatoms. The van der Waals surface area contributed by atoms with Crippen LogP contribution in [0.2, 0.25) is 0 Å². The summed E-state index contributed by atoms with van der Waals surface area (Å²) in [6, 6.07) is 0. The van der Waals surface area contributed by atoms with Crippen molar-refractivity contribution in [3.8, 4) is 0 Å². The van der Waals surface area contributed by atoms with Gasteiger partial charge < -0.3 is 33.6 Å². The number of carbonyl (C=O) groups excluding carboxylic acids is 4. The smallest absolute Gasteiger partial charge is 0.307 e. The molecule has 0 fully saturated rings. The van der Waals surface area contributed by atoms with Gasteiger partial charge in [0.2, 0.25) is 0 Å². The van der Waals surface area contributed by atoms with Gasteiger partial charge in [0.15, 0.2) is 0 Å². The quantitative estimate of drug-likeness (QED) is 0.0189. The molecule has 0 saturated heterocycles. The second kappa shape index (κ2) is 66.1. The van der Waals surface area contributed by atoms with E-state index in [-0.39, 0.29) is 49.6 Å². The summed E-state index contributed by atoms with van der Waals surface area (Å²) in [4.78, 5) is 58.5. The third-order valence-corrected chi connectivity index (χ3v) is 23.0. The predicted molar refractivity (Wildman–Crippen MR) is 385 cm³/mol. The Labute approximate surface area is 554 Å². The van der Waals surface area contributed by atoms with Crippen molar-refractivity contribution < 1.29 is 38.1 Å². The summed E-state index contributed by atoms with van der Waals surface area (Å²) in [7, 11) is 13.1. The fourth-order valence-corrected chi connectivity index (χ4v) is 16.0. The molecule has 0 radical (unpaired) electrons. The highest BCUT2D eigenvalue weighted by Crippen LogP contribution is 2.26. The number of esters is 4. The van der Waals surface area contributed by atoms with Crippen LogP contribution in [-0.4, -0.2) is 159 Å². The van der Waals surface area contributed by atoms with E-state index in [9.17, 15) is 19.2 Å². The van der Waals surface area contributed by atoms with Crippen molar-refractivity contribution in [1.82, 2.24) is 14.7 Å². The van der Waals surface area contributed by atoms with Crippen molar-refractivity contribution in [2.75, 3.05) is 120 Å². The van der Waals surface area contributed by atoms with E-state index >= 15 is 0 Å². The van der Waals surface area contributed by atoms with Crippen LogP contribution in [0.4, 0.5) is 0 Å². The highest BCUT2D eigenvalue weighted by Gasteiger charge is 2.16. The van der Waals surface area contributed by atoms with E-state index in [4.69, 9.17) is 18.9 Å². The highest BCUT2D eigenvalue weighted by atomic mass is 33.1. The van der Waals surface area contributed by atoms with Crippen LogP contribution in [0.25, 0.3) is 0 Å². The molecule has 86 heavy (non-hydrogen) atoms. The third-order valence-electron chi connectivity index (χ3n) is 15.7. The summed E-state index contributed by atoms with van der Waals surface area (Å²) in [5.74, 6) is 7.34. The van der Waals surface area contributed by atoms with E-state index in [1.807, 2.05) is 32.4 Å². The zero-order valence-corrected chi connectivity index (χ0v) is 61.8. The molecule has 0 aliphatic heterocycles. The molecule has 0 rings (SSSR count). The van der Waals surface area contributed by atoms with E-state index in [0.717, 1.165) is 104 Å². The number of hydrogen-bond acceptors (Lipinski definition) is 17. The molecule has 0 aromatic carbocycles. The number of rotatable bonds is 67. The Hall–Kier alpha value is -0.400. The van der Waals surface area contributed by atoms with Crippen LogP contribution < -0.4 is 0 Å². The lowest BCUT2D eigenvalue weighted by atomic mass is 9.91. The molecule has 0 amide bonds. The Morgan fingerprint density at radius 1 is 0.360 bits per heavy atom. The molecule has 0 spiro atoms. The van der Waals surface area contributed by atoms with E-state index in [1.54, 1.807) is 32.4 Å². The summed E-state index contributed by atoms with van der Waals surface area (Å²) in [6.45, 7) is 25.2. The van der Waals surface area contributed by atoms with Crippen LogP contribution >= 0.6 is 64.8 Å². The van der Waals surface area contributed by atoms with Gasteiger partial charge in [0.25, 0.3) is 0 Å². The molecule has 2 atom stereocenters. The minimum atomic E-state index is -0.216. The molecule has 0 saturated carbocycles. The van der Waals surface area contributed by atoms with Crippen LogP contribution in [-0.2, 0) is 38.1 Å². The Morgan fingerprint density at radius 3 is 1.06 bits per heavy atom. The van der Waals surface area contributed by atoms with Crippen molar-refractivity contribution in [1.29, 1.82) is 0 Å². The van der Waals surface area contributed by atoms with E-state index in [1.165, 1.54) is 166 Å². The summed E-state index contributed by atoms with van der Waals surface area (Å²) in [5, 5.41) is 0. The van der Waals surface area contributed by atoms with Gasteiger partial charge in [-0.25, -0.2) is 0 Å². The SMILES string of the molecule is CCCCCCCCSSCCOC(=O)CCN(CCCN(C)CCCN(CCC(=O)OCCSSCCCCCCCC)CCC(=O)OCCSSCCCCCCCC)CCC(=O)OC/C=C(\C)CCCC(C)CCCC(C)CCCC(C)C. The minimum absolute atomic E-state index is 0.193. The first-order chi connectivity index (χ1) is 41.8. The maximum atomic E-state index is 13.1. The molecule has 11 nitrogen and oxygen atoms in total. The van der Waals surface area contributed by atoms with E-state index in [0.29, 0.717) is 52.6 Å². The summed E-state index contributed by atoms with van der Waals surface area (Å²) in [5.41, 5.74) is 1.28. The van der Waals surface area contributed by atoms with Crippen LogP contribution in [0.5, 0.6) is 0 Å². The first-order valence-corrected chi connectivity index (χ1v) is 42.4. The fourth-order valence-electron chi connectivity index (χ4n) is 10.0. The van der Waals surface area contributed by atoms with Crippen LogP contribution in [0.3, 0.4) is 0 Å². The molecule has 0 aromatic heterocycles. The van der Waals surface area contributed by atoms with Crippen molar-refractivity contribution in [2.24, 2.45) is 17.8 Å². The largest absolute Gasteiger partial charge is 0.465 e. The highest BCUT2D eigenvalue weighted by molar-refractivity contribution is 8.77. The lowest BCUT2D eigenvalue weighted by Gasteiger charge is -2.25. The molecular formula is C69H133N3O8S6. The molecule has 0 aromatic rings. The number of hydrogen-bond donors (Lipinski definition) is 0. The van der Waals surface area contributed by atoms with Gasteiger partial charge in [0.05, 0.1) is 25.7 Å². The Morgan fingerprint density at radius 2 is 0.686 bits per heavy atom. The summed E-state index contributed by atoms with van der Waals surface area (Å²) >= 11 is 0. The van der Waals surface area contributed by atoms with Gasteiger partial charge in [-0.1, -0.05) is 260 Å². The number of ether oxygens (including phenoxy) is 4. The van der Waals surface area contributed by atoms with Crippen LogP contribution in [0, 0.1) is 17.8 Å². The van der Waals surface area contributed by atoms with Gasteiger partial charge in [-0.2, -0.15) is 0 Å². The van der Waals surface area contributed by atoms with Crippen molar-refractivity contribution in [2.45, 2.75) is 267 Å². The van der Waals surface area contributed by atoms with E-state index in [2.05, 4.69) is 83.2 Å². The number of allylic oxidation sites excluding steroid dienone is 1.